The molecule has 2 heteroatoms. The summed E-state index contributed by atoms with van der Waals surface area (Å²) in [7, 11) is 0. The van der Waals surface area contributed by atoms with Gasteiger partial charge in [0.2, 0.25) is 0 Å². The minimum atomic E-state index is 0.0411. The molecule has 0 bridgehead atoms. The van der Waals surface area contributed by atoms with Crippen LogP contribution in [-0.4, -0.2) is 5.12 Å². The molecular formula is C8H14OS. The predicted octanol–water partition coefficient (Wildman–Crippen LogP) is 2.27. The van der Waals surface area contributed by atoms with Crippen molar-refractivity contribution >= 4 is 17.7 Å². The van der Waals surface area contributed by atoms with E-state index in [9.17, 15) is 4.79 Å². The van der Waals surface area contributed by atoms with Gasteiger partial charge in [0.1, 0.15) is 0 Å². The average Bonchev–Trinajstić information content (AvgIpc) is 1.55. The molecule has 0 aromatic rings. The van der Waals surface area contributed by atoms with Crippen LogP contribution < -0.4 is 0 Å². The Bertz CT molecular complexity index is 129. The maximum Gasteiger partial charge on any atom is 0.186 e. The van der Waals surface area contributed by atoms with Crippen LogP contribution in [0, 0.1) is 11.8 Å². The predicted molar refractivity (Wildman–Crippen MR) is 45.1 cm³/mol. The fourth-order valence-corrected chi connectivity index (χ4v) is 1.74. The molecule has 1 atom stereocenters. The van der Waals surface area contributed by atoms with Crippen LogP contribution in [-0.2, 0) is 4.79 Å². The summed E-state index contributed by atoms with van der Waals surface area (Å²) in [4.78, 5) is 10.6. The monoisotopic (exact) mass is 158 g/mol. The van der Waals surface area contributed by atoms with Crippen LogP contribution in [0.5, 0.6) is 0 Å². The summed E-state index contributed by atoms with van der Waals surface area (Å²) in [5.41, 5.74) is 0. The second-order valence-corrected chi connectivity index (χ2v) is 3.76. The number of carbonyl (C=O) groups is 1. The smallest absolute Gasteiger partial charge is 0.186 e. The van der Waals surface area contributed by atoms with Gasteiger partial charge in [0.15, 0.2) is 5.12 Å². The summed E-state index contributed by atoms with van der Waals surface area (Å²) < 4.78 is 0. The summed E-state index contributed by atoms with van der Waals surface area (Å²) >= 11 is 3.76. The van der Waals surface area contributed by atoms with E-state index in [4.69, 9.17) is 0 Å². The molecule has 1 unspecified atom stereocenters. The molecular weight excluding hydrogens is 144 g/mol. The molecule has 1 fully saturated rings. The van der Waals surface area contributed by atoms with Gasteiger partial charge in [0.25, 0.3) is 0 Å². The first-order valence-electron chi connectivity index (χ1n) is 3.92. The summed E-state index contributed by atoms with van der Waals surface area (Å²) in [6, 6.07) is 0. The van der Waals surface area contributed by atoms with Crippen LogP contribution in [0.15, 0.2) is 0 Å². The van der Waals surface area contributed by atoms with Crippen molar-refractivity contribution < 1.29 is 4.79 Å². The Morgan fingerprint density at radius 3 is 2.60 bits per heavy atom. The van der Waals surface area contributed by atoms with Crippen molar-refractivity contribution in [2.24, 2.45) is 11.8 Å². The summed E-state index contributed by atoms with van der Waals surface area (Å²) in [5, 5.41) is 0.0411. The Hall–Kier alpha value is 0.0200. The van der Waals surface area contributed by atoms with Gasteiger partial charge in [0, 0.05) is 6.42 Å². The average molecular weight is 158 g/mol. The molecule has 0 spiro atoms. The first kappa shape index (κ1) is 8.12. The lowest BCUT2D eigenvalue weighted by Crippen LogP contribution is -2.20. The molecule has 1 aliphatic carbocycles. The van der Waals surface area contributed by atoms with Crippen molar-refractivity contribution in [3.05, 3.63) is 0 Å². The second-order valence-electron chi connectivity index (χ2n) is 3.27. The highest BCUT2D eigenvalue weighted by Gasteiger charge is 2.24. The third-order valence-electron chi connectivity index (χ3n) is 2.45. The molecule has 1 nitrogen and oxygen atoms in total. The van der Waals surface area contributed by atoms with E-state index < -0.39 is 0 Å². The SMILES string of the molecule is CC(CC(=O)S)C1CCC1. The highest BCUT2D eigenvalue weighted by atomic mass is 32.1. The molecule has 0 aliphatic heterocycles. The van der Waals surface area contributed by atoms with E-state index in [-0.39, 0.29) is 5.12 Å². The number of carbonyl (C=O) groups excluding carboxylic acids is 1. The number of hydrogen-bond acceptors (Lipinski definition) is 1. The molecule has 0 N–H and O–H groups in total. The summed E-state index contributed by atoms with van der Waals surface area (Å²) in [6.07, 6.45) is 4.66. The minimum absolute atomic E-state index is 0.0411. The fourth-order valence-electron chi connectivity index (χ4n) is 1.45. The van der Waals surface area contributed by atoms with E-state index >= 15 is 0 Å². The molecule has 1 aliphatic rings. The molecule has 0 aromatic carbocycles. The minimum Gasteiger partial charge on any atom is -0.287 e. The lowest BCUT2D eigenvalue weighted by Gasteiger charge is -2.30. The third kappa shape index (κ3) is 2.01. The van der Waals surface area contributed by atoms with Crippen LogP contribution in [0.4, 0.5) is 0 Å². The van der Waals surface area contributed by atoms with Crippen LogP contribution >= 0.6 is 12.6 Å². The zero-order valence-corrected chi connectivity index (χ0v) is 7.23. The van der Waals surface area contributed by atoms with Gasteiger partial charge in [-0.1, -0.05) is 26.2 Å². The Labute approximate surface area is 67.6 Å². The molecule has 1 rings (SSSR count). The van der Waals surface area contributed by atoms with Gasteiger partial charge < -0.3 is 0 Å². The van der Waals surface area contributed by atoms with E-state index in [1.54, 1.807) is 0 Å². The first-order valence-corrected chi connectivity index (χ1v) is 4.36. The Kier molecular flexibility index (Phi) is 2.78. The molecule has 10 heavy (non-hydrogen) atoms. The lowest BCUT2D eigenvalue weighted by molar-refractivity contribution is -0.112. The maximum absolute atomic E-state index is 10.6. The van der Waals surface area contributed by atoms with Crippen LogP contribution in [0.3, 0.4) is 0 Å². The molecule has 1 saturated carbocycles. The Morgan fingerprint density at radius 2 is 2.30 bits per heavy atom. The molecule has 58 valence electrons. The van der Waals surface area contributed by atoms with Gasteiger partial charge in [-0.2, -0.15) is 0 Å². The maximum atomic E-state index is 10.6. The third-order valence-corrected chi connectivity index (χ3v) is 2.63. The normalized spacial score (nSPS) is 21.8. The Balaban J connectivity index is 2.19. The highest BCUT2D eigenvalue weighted by molar-refractivity contribution is 7.96. The van der Waals surface area contributed by atoms with E-state index in [2.05, 4.69) is 19.6 Å². The summed E-state index contributed by atoms with van der Waals surface area (Å²) in [6.45, 7) is 2.15. The summed E-state index contributed by atoms with van der Waals surface area (Å²) in [5.74, 6) is 1.38. The van der Waals surface area contributed by atoms with Crippen LogP contribution in [0.1, 0.15) is 32.6 Å². The Morgan fingerprint density at radius 1 is 1.70 bits per heavy atom. The molecule has 0 amide bonds. The number of rotatable bonds is 3. The number of thiol groups is 1. The van der Waals surface area contributed by atoms with Gasteiger partial charge in [0.05, 0.1) is 0 Å². The molecule has 0 heterocycles. The topological polar surface area (TPSA) is 17.1 Å². The van der Waals surface area contributed by atoms with Gasteiger partial charge in [-0.15, -0.1) is 12.6 Å². The van der Waals surface area contributed by atoms with Gasteiger partial charge in [-0.25, -0.2) is 0 Å². The zero-order chi connectivity index (χ0) is 7.56. The van der Waals surface area contributed by atoms with Gasteiger partial charge in [-0.3, -0.25) is 4.79 Å². The molecule has 0 saturated heterocycles. The fraction of sp³-hybridized carbons (Fsp3) is 0.875. The number of hydrogen-bond donors (Lipinski definition) is 1. The van der Waals surface area contributed by atoms with E-state index in [1.807, 2.05) is 0 Å². The molecule has 0 radical (unpaired) electrons. The van der Waals surface area contributed by atoms with Crippen molar-refractivity contribution in [1.82, 2.24) is 0 Å². The second kappa shape index (κ2) is 3.42. The standard InChI is InChI=1S/C8H14OS/c1-6(5-8(9)10)7-3-2-4-7/h6-7H,2-5H2,1H3,(H,9,10). The van der Waals surface area contributed by atoms with Crippen molar-refractivity contribution in [2.45, 2.75) is 32.6 Å². The largest absolute Gasteiger partial charge is 0.287 e. The van der Waals surface area contributed by atoms with Gasteiger partial charge >= 0.3 is 0 Å². The van der Waals surface area contributed by atoms with Crippen LogP contribution in [0.2, 0.25) is 0 Å². The van der Waals surface area contributed by atoms with Crippen molar-refractivity contribution in [2.75, 3.05) is 0 Å². The van der Waals surface area contributed by atoms with Gasteiger partial charge in [-0.05, 0) is 11.8 Å². The van der Waals surface area contributed by atoms with E-state index in [0.717, 1.165) is 5.92 Å². The zero-order valence-electron chi connectivity index (χ0n) is 6.34. The lowest BCUT2D eigenvalue weighted by atomic mass is 9.76. The highest BCUT2D eigenvalue weighted by Crippen LogP contribution is 2.34. The van der Waals surface area contributed by atoms with E-state index in [0.29, 0.717) is 12.3 Å². The first-order chi connectivity index (χ1) is 4.70. The van der Waals surface area contributed by atoms with Crippen molar-refractivity contribution in [3.8, 4) is 0 Å². The van der Waals surface area contributed by atoms with E-state index in [1.165, 1.54) is 19.3 Å². The van der Waals surface area contributed by atoms with Crippen LogP contribution in [0.25, 0.3) is 0 Å². The van der Waals surface area contributed by atoms with Crippen molar-refractivity contribution in [3.63, 3.8) is 0 Å². The molecule has 0 aromatic heterocycles. The van der Waals surface area contributed by atoms with Crippen molar-refractivity contribution in [1.29, 1.82) is 0 Å². The quantitative estimate of drug-likeness (QED) is 0.623.